The number of hydrogen-bond donors (Lipinski definition) is 0. The average molecular weight is 715 g/mol. The van der Waals surface area contributed by atoms with Gasteiger partial charge in [0.2, 0.25) is 0 Å². The van der Waals surface area contributed by atoms with Crippen molar-refractivity contribution in [3.8, 4) is 22.3 Å². The van der Waals surface area contributed by atoms with Crippen LogP contribution in [0, 0.1) is 0 Å². The fraction of sp³-hybridized carbons (Fsp3) is 0. The third kappa shape index (κ3) is 6.04. The molecule has 10 rings (SSSR count). The average Bonchev–Trinajstić information content (AvgIpc) is 3.27. The van der Waals surface area contributed by atoms with Crippen molar-refractivity contribution in [2.75, 3.05) is 9.80 Å². The van der Waals surface area contributed by atoms with Crippen LogP contribution in [0.5, 0.6) is 0 Å². The Labute approximate surface area is 327 Å². The standard InChI is InChI=1S/C54H38N2/c1-4-17-40(18-5-1)53-49-24-12-14-26-51(49)54(52-27-15-13-25-50(52)53)41-29-31-45(32-30-41)56(48-33-28-39-16-10-11-19-42(39)38-48)47-36-34-46(35-37-47)55(43-20-6-2-7-21-43)44-22-8-3-9-23-44/h1-38H. The summed E-state index contributed by atoms with van der Waals surface area (Å²) in [6.07, 6.45) is 0. The normalized spacial score (nSPS) is 11.2. The topological polar surface area (TPSA) is 6.48 Å². The SMILES string of the molecule is c1ccc(-c2c3ccccc3c(-c3ccc(N(c4ccc(N(c5ccccc5)c5ccccc5)cc4)c4ccc5ccccc5c4)cc3)c3ccccc23)cc1. The van der Waals surface area contributed by atoms with Gasteiger partial charge in [0.05, 0.1) is 0 Å². The number of nitrogens with zero attached hydrogens (tertiary/aromatic N) is 2. The Kier molecular flexibility index (Phi) is 8.55. The lowest BCUT2D eigenvalue weighted by Gasteiger charge is -2.28. The van der Waals surface area contributed by atoms with Crippen LogP contribution in [0.2, 0.25) is 0 Å². The molecule has 0 aliphatic rings. The highest BCUT2D eigenvalue weighted by Gasteiger charge is 2.19. The van der Waals surface area contributed by atoms with Crippen molar-refractivity contribution in [1.82, 2.24) is 0 Å². The van der Waals surface area contributed by atoms with Crippen LogP contribution in [0.4, 0.5) is 34.1 Å². The van der Waals surface area contributed by atoms with Gasteiger partial charge >= 0.3 is 0 Å². The molecule has 0 aliphatic heterocycles. The van der Waals surface area contributed by atoms with Crippen LogP contribution in [0.25, 0.3) is 54.6 Å². The summed E-state index contributed by atoms with van der Waals surface area (Å²) in [4.78, 5) is 4.67. The molecule has 2 nitrogen and oxygen atoms in total. The van der Waals surface area contributed by atoms with Crippen LogP contribution in [-0.4, -0.2) is 0 Å². The Balaban J connectivity index is 1.10. The number of benzene rings is 10. The van der Waals surface area contributed by atoms with Crippen LogP contribution >= 0.6 is 0 Å². The molecule has 2 heteroatoms. The van der Waals surface area contributed by atoms with E-state index in [1.807, 2.05) is 0 Å². The zero-order valence-electron chi connectivity index (χ0n) is 30.8. The smallest absolute Gasteiger partial charge is 0.0468 e. The first kappa shape index (κ1) is 33.2. The Morgan fingerprint density at radius 1 is 0.214 bits per heavy atom. The molecular weight excluding hydrogens is 677 g/mol. The first-order valence-corrected chi connectivity index (χ1v) is 19.2. The molecule has 0 radical (unpaired) electrons. The second kappa shape index (κ2) is 14.4. The van der Waals surface area contributed by atoms with Gasteiger partial charge in [0.1, 0.15) is 0 Å². The van der Waals surface area contributed by atoms with Gasteiger partial charge in [-0.05, 0) is 127 Å². The van der Waals surface area contributed by atoms with E-state index in [-0.39, 0.29) is 0 Å². The molecule has 264 valence electrons. The van der Waals surface area contributed by atoms with E-state index in [4.69, 9.17) is 0 Å². The van der Waals surface area contributed by atoms with Gasteiger partial charge in [-0.3, -0.25) is 0 Å². The minimum absolute atomic E-state index is 1.08. The third-order valence-corrected chi connectivity index (χ3v) is 10.8. The van der Waals surface area contributed by atoms with Gasteiger partial charge < -0.3 is 9.80 Å². The lowest BCUT2D eigenvalue weighted by Crippen LogP contribution is -2.12. The van der Waals surface area contributed by atoms with Gasteiger partial charge in [-0.1, -0.05) is 158 Å². The van der Waals surface area contributed by atoms with Crippen LogP contribution in [0.3, 0.4) is 0 Å². The minimum Gasteiger partial charge on any atom is -0.311 e. The Hall–Kier alpha value is -7.42. The Bertz CT molecular complexity index is 2840. The molecule has 0 atom stereocenters. The fourth-order valence-corrected chi connectivity index (χ4v) is 8.25. The van der Waals surface area contributed by atoms with Gasteiger partial charge in [-0.15, -0.1) is 0 Å². The maximum Gasteiger partial charge on any atom is 0.0468 e. The van der Waals surface area contributed by atoms with Gasteiger partial charge in [0.15, 0.2) is 0 Å². The molecular formula is C54H38N2. The molecule has 10 aromatic rings. The van der Waals surface area contributed by atoms with Crippen LogP contribution in [0.15, 0.2) is 231 Å². The van der Waals surface area contributed by atoms with E-state index in [0.717, 1.165) is 34.1 Å². The molecule has 0 spiro atoms. The predicted molar refractivity (Wildman–Crippen MR) is 239 cm³/mol. The summed E-state index contributed by atoms with van der Waals surface area (Å²) >= 11 is 0. The quantitative estimate of drug-likeness (QED) is 0.145. The van der Waals surface area contributed by atoms with Gasteiger partial charge in [-0.2, -0.15) is 0 Å². The van der Waals surface area contributed by atoms with Crippen molar-refractivity contribution in [1.29, 1.82) is 0 Å². The summed E-state index contributed by atoms with van der Waals surface area (Å²) < 4.78 is 0. The second-order valence-electron chi connectivity index (χ2n) is 14.1. The highest BCUT2D eigenvalue weighted by Crippen LogP contribution is 2.45. The van der Waals surface area contributed by atoms with Crippen molar-refractivity contribution in [3.63, 3.8) is 0 Å². The molecule has 10 aromatic carbocycles. The van der Waals surface area contributed by atoms with E-state index in [1.165, 1.54) is 54.6 Å². The maximum absolute atomic E-state index is 2.37. The van der Waals surface area contributed by atoms with Crippen LogP contribution < -0.4 is 9.80 Å². The molecule has 0 N–H and O–H groups in total. The van der Waals surface area contributed by atoms with Crippen LogP contribution in [-0.2, 0) is 0 Å². The van der Waals surface area contributed by atoms with Crippen molar-refractivity contribution in [3.05, 3.63) is 231 Å². The highest BCUT2D eigenvalue weighted by atomic mass is 15.2. The molecule has 0 bridgehead atoms. The monoisotopic (exact) mass is 714 g/mol. The minimum atomic E-state index is 1.08. The zero-order chi connectivity index (χ0) is 37.3. The molecule has 56 heavy (non-hydrogen) atoms. The molecule has 0 aromatic heterocycles. The lowest BCUT2D eigenvalue weighted by molar-refractivity contribution is 1.26. The fourth-order valence-electron chi connectivity index (χ4n) is 8.25. The first-order valence-electron chi connectivity index (χ1n) is 19.2. The third-order valence-electron chi connectivity index (χ3n) is 10.8. The van der Waals surface area contributed by atoms with Gasteiger partial charge in [-0.25, -0.2) is 0 Å². The maximum atomic E-state index is 2.37. The predicted octanol–water partition coefficient (Wildman–Crippen LogP) is 15.4. The van der Waals surface area contributed by atoms with Crippen molar-refractivity contribution in [2.24, 2.45) is 0 Å². The summed E-state index contributed by atoms with van der Waals surface area (Å²) in [6, 6.07) is 83.0. The second-order valence-corrected chi connectivity index (χ2v) is 14.1. The lowest BCUT2D eigenvalue weighted by atomic mass is 9.86. The van der Waals surface area contributed by atoms with E-state index in [2.05, 4.69) is 240 Å². The number of anilines is 6. The largest absolute Gasteiger partial charge is 0.311 e. The molecule has 0 heterocycles. The van der Waals surface area contributed by atoms with Gasteiger partial charge in [0, 0.05) is 34.1 Å². The molecule has 0 saturated carbocycles. The molecule has 0 aliphatic carbocycles. The number of fused-ring (bicyclic) bond motifs is 3. The Morgan fingerprint density at radius 3 is 1.02 bits per heavy atom. The summed E-state index contributed by atoms with van der Waals surface area (Å²) in [5, 5.41) is 7.45. The zero-order valence-corrected chi connectivity index (χ0v) is 30.8. The summed E-state index contributed by atoms with van der Waals surface area (Å²) in [7, 11) is 0. The highest BCUT2D eigenvalue weighted by molar-refractivity contribution is 6.21. The Morgan fingerprint density at radius 2 is 0.536 bits per heavy atom. The van der Waals surface area contributed by atoms with E-state index >= 15 is 0 Å². The summed E-state index contributed by atoms with van der Waals surface area (Å²) in [6.45, 7) is 0. The van der Waals surface area contributed by atoms with Crippen molar-refractivity contribution >= 4 is 66.4 Å². The number of rotatable bonds is 8. The van der Waals surface area contributed by atoms with Crippen molar-refractivity contribution < 1.29 is 0 Å². The van der Waals surface area contributed by atoms with Gasteiger partial charge in [0.25, 0.3) is 0 Å². The molecule has 0 unspecified atom stereocenters. The molecule has 0 fully saturated rings. The number of hydrogen-bond acceptors (Lipinski definition) is 2. The van der Waals surface area contributed by atoms with E-state index < -0.39 is 0 Å². The van der Waals surface area contributed by atoms with Crippen molar-refractivity contribution in [2.45, 2.75) is 0 Å². The molecule has 0 saturated heterocycles. The van der Waals surface area contributed by atoms with E-state index in [0.29, 0.717) is 0 Å². The number of para-hydroxylation sites is 2. The summed E-state index contributed by atoms with van der Waals surface area (Å²) in [5.74, 6) is 0. The molecule has 0 amide bonds. The van der Waals surface area contributed by atoms with E-state index in [9.17, 15) is 0 Å². The van der Waals surface area contributed by atoms with E-state index in [1.54, 1.807) is 0 Å². The van der Waals surface area contributed by atoms with Crippen LogP contribution in [0.1, 0.15) is 0 Å². The summed E-state index contributed by atoms with van der Waals surface area (Å²) in [5.41, 5.74) is 11.6. The first-order chi connectivity index (χ1) is 27.8.